The van der Waals surface area contributed by atoms with Gasteiger partial charge in [0.25, 0.3) is 0 Å². The molecule has 3 rings (SSSR count). The molecule has 2 aliphatic rings. The molecule has 0 atom stereocenters. The third-order valence-corrected chi connectivity index (χ3v) is 4.33. The van der Waals surface area contributed by atoms with E-state index < -0.39 is 4.92 Å². The minimum Gasteiger partial charge on any atom is -0.358 e. The zero-order valence-corrected chi connectivity index (χ0v) is 13.6. The molecule has 1 aromatic rings. The van der Waals surface area contributed by atoms with Crippen LogP contribution in [0.15, 0.2) is 11.3 Å². The number of hydrogen-bond acceptors (Lipinski definition) is 6. The molecule has 130 valence electrons. The number of hydrazone groups is 1. The van der Waals surface area contributed by atoms with Crippen LogP contribution in [-0.4, -0.2) is 80.7 Å². The van der Waals surface area contributed by atoms with E-state index in [4.69, 9.17) is 0 Å². The fourth-order valence-corrected chi connectivity index (χ4v) is 2.96. The van der Waals surface area contributed by atoms with Crippen molar-refractivity contribution >= 4 is 17.6 Å². The number of nitrogens with one attached hydrogen (secondary N) is 1. The molecule has 0 aromatic carbocycles. The Balaban J connectivity index is 1.58. The lowest BCUT2D eigenvalue weighted by molar-refractivity contribution is -0.389. The number of aromatic nitrogens is 2. The van der Waals surface area contributed by atoms with Gasteiger partial charge in [-0.05, 0) is 37.8 Å². The fraction of sp³-hybridized carbons (Fsp3) is 0.643. The zero-order chi connectivity index (χ0) is 17.1. The van der Waals surface area contributed by atoms with Crippen LogP contribution in [0.3, 0.4) is 0 Å². The van der Waals surface area contributed by atoms with E-state index in [0.717, 1.165) is 25.8 Å². The molecule has 24 heavy (non-hydrogen) atoms. The number of aromatic amines is 1. The first-order valence-electron chi connectivity index (χ1n) is 8.08. The van der Waals surface area contributed by atoms with Crippen molar-refractivity contribution in [1.29, 1.82) is 0 Å². The highest BCUT2D eigenvalue weighted by molar-refractivity contribution is 5.96. The monoisotopic (exact) mass is 335 g/mol. The maximum atomic E-state index is 12.4. The molecule has 10 heteroatoms. The Morgan fingerprint density at radius 3 is 2.75 bits per heavy atom. The Hall–Kier alpha value is -2.49. The number of nitrogens with zero attached hydrogens (tertiary/aromatic N) is 6. The number of carbonyl (C=O) groups excluding carboxylic acids is 1. The minimum atomic E-state index is -0.551. The van der Waals surface area contributed by atoms with Crippen LogP contribution < -0.4 is 0 Å². The Bertz CT molecular complexity index is 651. The molecule has 0 radical (unpaired) electrons. The standard InChI is InChI=1S/C14H21N7O3/c1-11(13-15-10-12(16-13)21(23)24)17-20-9-8-19(14(20)22)7-6-18-4-2-3-5-18/h10H,2-9H2,1H3,(H,15,16). The number of H-pyrrole nitrogens is 1. The number of amides is 2. The van der Waals surface area contributed by atoms with Crippen LogP contribution in [-0.2, 0) is 0 Å². The second-order valence-corrected chi connectivity index (χ2v) is 6.00. The van der Waals surface area contributed by atoms with Gasteiger partial charge < -0.3 is 19.9 Å². The second kappa shape index (κ2) is 6.95. The van der Waals surface area contributed by atoms with E-state index in [1.165, 1.54) is 17.9 Å². The van der Waals surface area contributed by atoms with Crippen LogP contribution in [0.5, 0.6) is 0 Å². The Kier molecular flexibility index (Phi) is 4.74. The average Bonchev–Trinajstić information content (AvgIpc) is 3.28. The van der Waals surface area contributed by atoms with Crippen molar-refractivity contribution in [2.24, 2.45) is 5.10 Å². The van der Waals surface area contributed by atoms with Crippen LogP contribution >= 0.6 is 0 Å². The molecule has 0 spiro atoms. The lowest BCUT2D eigenvalue weighted by Crippen LogP contribution is -2.36. The summed E-state index contributed by atoms with van der Waals surface area (Å²) in [5, 5.41) is 16.3. The van der Waals surface area contributed by atoms with Crippen LogP contribution in [0.2, 0.25) is 0 Å². The van der Waals surface area contributed by atoms with Gasteiger partial charge in [0.05, 0.1) is 6.54 Å². The predicted octanol–water partition coefficient (Wildman–Crippen LogP) is 0.875. The first-order valence-corrected chi connectivity index (χ1v) is 8.08. The van der Waals surface area contributed by atoms with E-state index in [-0.39, 0.29) is 11.8 Å². The molecule has 2 amide bonds. The maximum absolute atomic E-state index is 12.4. The first-order chi connectivity index (χ1) is 11.5. The first kappa shape index (κ1) is 16.4. The van der Waals surface area contributed by atoms with Gasteiger partial charge in [-0.1, -0.05) is 0 Å². The summed E-state index contributed by atoms with van der Waals surface area (Å²) in [7, 11) is 0. The van der Waals surface area contributed by atoms with Crippen molar-refractivity contribution in [3.63, 3.8) is 0 Å². The Morgan fingerprint density at radius 2 is 2.08 bits per heavy atom. The highest BCUT2D eigenvalue weighted by atomic mass is 16.6. The van der Waals surface area contributed by atoms with Crippen molar-refractivity contribution < 1.29 is 9.72 Å². The second-order valence-electron chi connectivity index (χ2n) is 6.00. The van der Waals surface area contributed by atoms with Crippen molar-refractivity contribution in [3.8, 4) is 0 Å². The minimum absolute atomic E-state index is 0.130. The maximum Gasteiger partial charge on any atom is 0.340 e. The van der Waals surface area contributed by atoms with Crippen LogP contribution in [0.1, 0.15) is 25.6 Å². The van der Waals surface area contributed by atoms with Gasteiger partial charge in [0.1, 0.15) is 11.9 Å². The van der Waals surface area contributed by atoms with E-state index >= 15 is 0 Å². The molecule has 1 N–H and O–H groups in total. The average molecular weight is 335 g/mol. The number of likely N-dealkylation sites (tertiary alicyclic amines) is 1. The molecular formula is C14H21N7O3. The van der Waals surface area contributed by atoms with Crippen molar-refractivity contribution in [2.45, 2.75) is 19.8 Å². The van der Waals surface area contributed by atoms with Crippen molar-refractivity contribution in [1.82, 2.24) is 24.8 Å². The lowest BCUT2D eigenvalue weighted by Gasteiger charge is -2.20. The van der Waals surface area contributed by atoms with Gasteiger partial charge in [-0.3, -0.25) is 0 Å². The summed E-state index contributed by atoms with van der Waals surface area (Å²) in [4.78, 5) is 33.2. The normalized spacial score (nSPS) is 19.5. The largest absolute Gasteiger partial charge is 0.358 e. The van der Waals surface area contributed by atoms with E-state index in [9.17, 15) is 14.9 Å². The lowest BCUT2D eigenvalue weighted by atomic mass is 10.4. The van der Waals surface area contributed by atoms with Crippen LogP contribution in [0.4, 0.5) is 10.6 Å². The summed E-state index contributed by atoms with van der Waals surface area (Å²) in [6.45, 7) is 6.65. The van der Waals surface area contributed by atoms with Crippen LogP contribution in [0.25, 0.3) is 0 Å². The van der Waals surface area contributed by atoms with Crippen molar-refractivity contribution in [3.05, 3.63) is 22.1 Å². The molecule has 2 aliphatic heterocycles. The molecule has 0 bridgehead atoms. The highest BCUT2D eigenvalue weighted by Crippen LogP contribution is 2.13. The molecule has 10 nitrogen and oxygen atoms in total. The smallest absolute Gasteiger partial charge is 0.340 e. The molecule has 3 heterocycles. The van der Waals surface area contributed by atoms with Gasteiger partial charge in [0, 0.05) is 19.6 Å². The van der Waals surface area contributed by atoms with Gasteiger partial charge in [0.15, 0.2) is 0 Å². The summed E-state index contributed by atoms with van der Waals surface area (Å²) in [6, 6.07) is -0.130. The molecule has 0 unspecified atom stereocenters. The van der Waals surface area contributed by atoms with Gasteiger partial charge >= 0.3 is 11.8 Å². The quantitative estimate of drug-likeness (QED) is 0.471. The van der Waals surface area contributed by atoms with E-state index in [0.29, 0.717) is 31.2 Å². The van der Waals surface area contributed by atoms with Gasteiger partial charge in [0.2, 0.25) is 5.82 Å². The Labute approximate surface area is 139 Å². The SMILES string of the molecule is CC(=NN1CCN(CCN2CCCC2)C1=O)c1ncc([N+](=O)[O-])[nH]1. The van der Waals surface area contributed by atoms with Gasteiger partial charge in [-0.2, -0.15) is 5.10 Å². The van der Waals surface area contributed by atoms with Gasteiger partial charge in [-0.25, -0.2) is 19.8 Å². The molecule has 2 saturated heterocycles. The number of hydrogen-bond donors (Lipinski definition) is 1. The summed E-state index contributed by atoms with van der Waals surface area (Å²) in [6.07, 6.45) is 3.61. The zero-order valence-electron chi connectivity index (χ0n) is 13.6. The van der Waals surface area contributed by atoms with Gasteiger partial charge in [-0.15, -0.1) is 0 Å². The summed E-state index contributed by atoms with van der Waals surface area (Å²) < 4.78 is 0. The number of rotatable bonds is 6. The number of nitro groups is 1. The number of urea groups is 1. The van der Waals surface area contributed by atoms with Crippen LogP contribution in [0, 0.1) is 10.1 Å². The predicted molar refractivity (Wildman–Crippen MR) is 86.8 cm³/mol. The number of carbonyl (C=O) groups is 1. The summed E-state index contributed by atoms with van der Waals surface area (Å²) >= 11 is 0. The molecule has 2 fully saturated rings. The summed E-state index contributed by atoms with van der Waals surface area (Å²) in [5.74, 6) is 0.101. The molecule has 1 aromatic heterocycles. The molecule has 0 aliphatic carbocycles. The van der Waals surface area contributed by atoms with Crippen molar-refractivity contribution in [2.75, 3.05) is 39.3 Å². The third kappa shape index (κ3) is 3.53. The third-order valence-electron chi connectivity index (χ3n) is 4.33. The van der Waals surface area contributed by atoms with E-state index in [2.05, 4.69) is 20.0 Å². The topological polar surface area (TPSA) is 111 Å². The Morgan fingerprint density at radius 1 is 1.33 bits per heavy atom. The molecular weight excluding hydrogens is 314 g/mol. The highest BCUT2D eigenvalue weighted by Gasteiger charge is 2.29. The molecule has 0 saturated carbocycles. The summed E-state index contributed by atoms with van der Waals surface area (Å²) in [5.41, 5.74) is 0.442. The van der Waals surface area contributed by atoms with E-state index in [1.807, 2.05) is 0 Å². The van der Waals surface area contributed by atoms with E-state index in [1.54, 1.807) is 11.8 Å². The fourth-order valence-electron chi connectivity index (χ4n) is 2.96. The number of imidazole rings is 1.